The van der Waals surface area contributed by atoms with Gasteiger partial charge in [-0.3, -0.25) is 4.98 Å². The Morgan fingerprint density at radius 1 is 1.08 bits per heavy atom. The summed E-state index contributed by atoms with van der Waals surface area (Å²) >= 11 is 3.51. The number of rotatable bonds is 4. The number of nitrogens with one attached hydrogen (secondary N) is 1. The van der Waals surface area contributed by atoms with Gasteiger partial charge in [-0.1, -0.05) is 12.1 Å². The molecule has 4 aromatic heterocycles. The number of thiophene rings is 2. The molecule has 0 bridgehead atoms. The third-order valence-electron chi connectivity index (χ3n) is 4.47. The molecule has 1 aliphatic rings. The van der Waals surface area contributed by atoms with Crippen molar-refractivity contribution in [3.05, 3.63) is 58.0 Å². The monoisotopic (exact) mass is 364 g/mol. The van der Waals surface area contributed by atoms with Gasteiger partial charge in [0.15, 0.2) is 5.82 Å². The van der Waals surface area contributed by atoms with Gasteiger partial charge >= 0.3 is 0 Å². The predicted octanol–water partition coefficient (Wildman–Crippen LogP) is 4.92. The Kier molecular flexibility index (Phi) is 3.72. The number of anilines is 1. The van der Waals surface area contributed by atoms with Crippen molar-refractivity contribution in [3.63, 3.8) is 0 Å². The summed E-state index contributed by atoms with van der Waals surface area (Å²) in [4.78, 5) is 17.8. The highest BCUT2D eigenvalue weighted by Gasteiger charge is 2.22. The first-order chi connectivity index (χ1) is 12.4. The molecule has 0 atom stereocenters. The number of fused-ring (bicyclic) bond motifs is 3. The average Bonchev–Trinajstić information content (AvgIpc) is 3.37. The van der Waals surface area contributed by atoms with Gasteiger partial charge in [0.05, 0.1) is 22.5 Å². The fraction of sp³-hybridized carbons (Fsp3) is 0.211. The normalized spacial score (nSPS) is 13.3. The van der Waals surface area contributed by atoms with Crippen molar-refractivity contribution in [2.75, 3.05) is 5.32 Å². The van der Waals surface area contributed by atoms with E-state index in [1.165, 1.54) is 28.7 Å². The molecule has 6 heteroatoms. The zero-order valence-corrected chi connectivity index (χ0v) is 15.2. The first kappa shape index (κ1) is 15.0. The lowest BCUT2D eigenvalue weighted by Crippen LogP contribution is -2.05. The summed E-state index contributed by atoms with van der Waals surface area (Å²) in [6.45, 7) is 0.668. The molecule has 0 fully saturated rings. The van der Waals surface area contributed by atoms with Crippen LogP contribution >= 0.6 is 22.7 Å². The first-order valence-corrected chi connectivity index (χ1v) is 10.1. The smallest absolute Gasteiger partial charge is 0.173 e. The van der Waals surface area contributed by atoms with Crippen LogP contribution in [0.25, 0.3) is 20.9 Å². The van der Waals surface area contributed by atoms with Gasteiger partial charge in [0.1, 0.15) is 10.6 Å². The van der Waals surface area contributed by atoms with Gasteiger partial charge in [-0.05, 0) is 48.4 Å². The standard InChI is InChI=1S/C19H16N4S2/c1-2-9-20-12(5-1)11-21-18-16-13-6-3-7-14(13)25-19(16)23-17(22-18)15-8-4-10-24-15/h1-2,4-5,8-10H,3,6-7,11H2,(H,21,22,23). The zero-order chi connectivity index (χ0) is 16.6. The third-order valence-corrected chi connectivity index (χ3v) is 6.52. The Morgan fingerprint density at radius 2 is 2.08 bits per heavy atom. The van der Waals surface area contributed by atoms with E-state index in [9.17, 15) is 0 Å². The number of aryl methyl sites for hydroxylation is 2. The molecule has 4 heterocycles. The van der Waals surface area contributed by atoms with E-state index in [0.29, 0.717) is 6.54 Å². The van der Waals surface area contributed by atoms with Crippen molar-refractivity contribution in [2.24, 2.45) is 0 Å². The van der Waals surface area contributed by atoms with Crippen LogP contribution in [0.15, 0.2) is 41.9 Å². The minimum atomic E-state index is 0.668. The molecule has 0 aromatic carbocycles. The Labute approximate surface area is 153 Å². The Morgan fingerprint density at radius 3 is 2.92 bits per heavy atom. The van der Waals surface area contributed by atoms with Crippen molar-refractivity contribution >= 4 is 38.7 Å². The molecular formula is C19H16N4S2. The highest BCUT2D eigenvalue weighted by molar-refractivity contribution is 7.19. The fourth-order valence-electron chi connectivity index (χ4n) is 3.32. The van der Waals surface area contributed by atoms with Crippen LogP contribution in [0.3, 0.4) is 0 Å². The molecule has 5 rings (SSSR count). The lowest BCUT2D eigenvalue weighted by molar-refractivity contribution is 0.917. The van der Waals surface area contributed by atoms with E-state index in [2.05, 4.69) is 21.7 Å². The van der Waals surface area contributed by atoms with Gasteiger partial charge < -0.3 is 5.32 Å². The largest absolute Gasteiger partial charge is 0.364 e. The predicted molar refractivity (Wildman–Crippen MR) is 104 cm³/mol. The van der Waals surface area contributed by atoms with Crippen molar-refractivity contribution in [2.45, 2.75) is 25.8 Å². The van der Waals surface area contributed by atoms with Crippen molar-refractivity contribution in [1.82, 2.24) is 15.0 Å². The minimum Gasteiger partial charge on any atom is -0.364 e. The summed E-state index contributed by atoms with van der Waals surface area (Å²) in [6.07, 6.45) is 5.37. The highest BCUT2D eigenvalue weighted by atomic mass is 32.1. The molecule has 4 nitrogen and oxygen atoms in total. The van der Waals surface area contributed by atoms with Gasteiger partial charge in [-0.25, -0.2) is 9.97 Å². The Balaban J connectivity index is 1.61. The second kappa shape index (κ2) is 6.20. The number of hydrogen-bond donors (Lipinski definition) is 1. The summed E-state index contributed by atoms with van der Waals surface area (Å²) in [5.41, 5.74) is 2.46. The molecule has 0 saturated carbocycles. The molecule has 0 spiro atoms. The molecule has 0 aliphatic heterocycles. The summed E-state index contributed by atoms with van der Waals surface area (Å²) in [6, 6.07) is 10.1. The Hall–Kier alpha value is -2.31. The van der Waals surface area contributed by atoms with Crippen LogP contribution < -0.4 is 5.32 Å². The summed E-state index contributed by atoms with van der Waals surface area (Å²) < 4.78 is 0. The molecule has 4 aromatic rings. The van der Waals surface area contributed by atoms with Gasteiger partial charge in [-0.2, -0.15) is 0 Å². The second-order valence-electron chi connectivity index (χ2n) is 6.09. The van der Waals surface area contributed by atoms with E-state index < -0.39 is 0 Å². The van der Waals surface area contributed by atoms with Crippen LogP contribution in [0.5, 0.6) is 0 Å². The average molecular weight is 364 g/mol. The summed E-state index contributed by atoms with van der Waals surface area (Å²) in [7, 11) is 0. The molecule has 0 saturated heterocycles. The molecular weight excluding hydrogens is 348 g/mol. The summed E-state index contributed by atoms with van der Waals surface area (Å²) in [5.74, 6) is 1.75. The van der Waals surface area contributed by atoms with Gasteiger partial charge in [0.25, 0.3) is 0 Å². The summed E-state index contributed by atoms with van der Waals surface area (Å²) in [5, 5.41) is 6.80. The molecule has 0 amide bonds. The van der Waals surface area contributed by atoms with Crippen LogP contribution in [0.1, 0.15) is 22.6 Å². The van der Waals surface area contributed by atoms with Crippen LogP contribution in [-0.2, 0) is 19.4 Å². The van der Waals surface area contributed by atoms with E-state index in [4.69, 9.17) is 9.97 Å². The lowest BCUT2D eigenvalue weighted by Gasteiger charge is -2.09. The van der Waals surface area contributed by atoms with Gasteiger partial charge in [0.2, 0.25) is 0 Å². The maximum atomic E-state index is 4.88. The van der Waals surface area contributed by atoms with E-state index in [1.807, 2.05) is 41.8 Å². The molecule has 0 unspecified atom stereocenters. The number of pyridine rings is 1. The van der Waals surface area contributed by atoms with Crippen LogP contribution in [0, 0.1) is 0 Å². The zero-order valence-electron chi connectivity index (χ0n) is 13.5. The lowest BCUT2D eigenvalue weighted by atomic mass is 10.2. The quantitative estimate of drug-likeness (QED) is 0.559. The van der Waals surface area contributed by atoms with Crippen molar-refractivity contribution in [1.29, 1.82) is 0 Å². The minimum absolute atomic E-state index is 0.668. The third kappa shape index (κ3) is 2.71. The van der Waals surface area contributed by atoms with Crippen LogP contribution in [0.4, 0.5) is 5.82 Å². The first-order valence-electron chi connectivity index (χ1n) is 8.38. The maximum absolute atomic E-state index is 4.88. The molecule has 124 valence electrons. The van der Waals surface area contributed by atoms with Gasteiger partial charge in [-0.15, -0.1) is 22.7 Å². The molecule has 0 radical (unpaired) electrons. The second-order valence-corrected chi connectivity index (χ2v) is 8.12. The van der Waals surface area contributed by atoms with Crippen molar-refractivity contribution < 1.29 is 0 Å². The van der Waals surface area contributed by atoms with E-state index in [1.54, 1.807) is 11.3 Å². The fourth-order valence-corrected chi connectivity index (χ4v) is 5.24. The van der Waals surface area contributed by atoms with Crippen LogP contribution in [-0.4, -0.2) is 15.0 Å². The highest BCUT2D eigenvalue weighted by Crippen LogP contribution is 2.40. The van der Waals surface area contributed by atoms with Crippen LogP contribution in [0.2, 0.25) is 0 Å². The van der Waals surface area contributed by atoms with E-state index in [0.717, 1.165) is 33.5 Å². The van der Waals surface area contributed by atoms with E-state index in [-0.39, 0.29) is 0 Å². The molecule has 1 N–H and O–H groups in total. The number of hydrogen-bond acceptors (Lipinski definition) is 6. The molecule has 25 heavy (non-hydrogen) atoms. The van der Waals surface area contributed by atoms with E-state index >= 15 is 0 Å². The van der Waals surface area contributed by atoms with Gasteiger partial charge in [0, 0.05) is 11.1 Å². The Bertz CT molecular complexity index is 1020. The SMILES string of the molecule is c1ccc(CNc2nc(-c3cccs3)nc3sc4c(c23)CCC4)nc1. The van der Waals surface area contributed by atoms with Crippen molar-refractivity contribution in [3.8, 4) is 10.7 Å². The molecule has 1 aliphatic carbocycles. The topological polar surface area (TPSA) is 50.7 Å². The maximum Gasteiger partial charge on any atom is 0.173 e. The number of nitrogens with zero attached hydrogens (tertiary/aromatic N) is 3. The number of aromatic nitrogens is 3.